The van der Waals surface area contributed by atoms with Crippen molar-refractivity contribution < 1.29 is 8.42 Å². The van der Waals surface area contributed by atoms with Crippen molar-refractivity contribution in [3.8, 4) is 0 Å². The Bertz CT molecular complexity index is 875. The molecule has 23 heavy (non-hydrogen) atoms. The maximum Gasteiger partial charge on any atom is 0.262 e. The molecule has 120 valence electrons. The van der Waals surface area contributed by atoms with Crippen molar-refractivity contribution in [3.05, 3.63) is 54.0 Å². The smallest absolute Gasteiger partial charge is 0.262 e. The lowest BCUT2D eigenvalue weighted by atomic mass is 9.75. The monoisotopic (exact) mass is 329 g/mol. The Balaban J connectivity index is 1.58. The van der Waals surface area contributed by atoms with Gasteiger partial charge < -0.3 is 4.57 Å². The molecule has 4 rings (SSSR count). The van der Waals surface area contributed by atoms with Crippen LogP contribution in [0.15, 0.2) is 47.9 Å². The topological polar surface area (TPSA) is 55.2 Å². The number of hydrogen-bond donors (Lipinski definition) is 0. The molecule has 1 aliphatic heterocycles. The molecule has 1 spiro atoms. The third-order valence-electron chi connectivity index (χ3n) is 4.98. The van der Waals surface area contributed by atoms with Crippen molar-refractivity contribution >= 4 is 16.1 Å². The van der Waals surface area contributed by atoms with E-state index in [4.69, 9.17) is 0 Å². The zero-order valence-corrected chi connectivity index (χ0v) is 13.8. The Hall–Kier alpha value is -1.92. The van der Waals surface area contributed by atoms with Gasteiger partial charge in [-0.25, -0.2) is 13.4 Å². The number of allylic oxidation sites excluding steroid dienone is 1. The summed E-state index contributed by atoms with van der Waals surface area (Å²) < 4.78 is 28.6. The minimum Gasteiger partial charge on any atom is -0.339 e. The molecule has 0 amide bonds. The van der Waals surface area contributed by atoms with Gasteiger partial charge >= 0.3 is 0 Å². The van der Waals surface area contributed by atoms with Crippen molar-refractivity contribution in [1.82, 2.24) is 13.9 Å². The minimum absolute atomic E-state index is 0.00721. The Labute approximate surface area is 136 Å². The van der Waals surface area contributed by atoms with Crippen molar-refractivity contribution in [2.45, 2.75) is 23.3 Å². The normalized spacial score (nSPS) is 20.0. The van der Waals surface area contributed by atoms with Crippen LogP contribution in [0.25, 0.3) is 6.08 Å². The van der Waals surface area contributed by atoms with Gasteiger partial charge in [-0.3, -0.25) is 0 Å². The van der Waals surface area contributed by atoms with E-state index in [0.29, 0.717) is 13.1 Å². The van der Waals surface area contributed by atoms with E-state index in [9.17, 15) is 8.42 Å². The van der Waals surface area contributed by atoms with E-state index < -0.39 is 10.0 Å². The number of benzene rings is 1. The van der Waals surface area contributed by atoms with Crippen LogP contribution in [0, 0.1) is 0 Å². The number of nitrogens with zero attached hydrogens (tertiary/aromatic N) is 3. The first kappa shape index (κ1) is 14.7. The van der Waals surface area contributed by atoms with E-state index in [1.165, 1.54) is 17.5 Å². The number of sulfonamides is 1. The Kier molecular flexibility index (Phi) is 3.21. The predicted octanol–water partition coefficient (Wildman–Crippen LogP) is 2.17. The average molecular weight is 329 g/mol. The van der Waals surface area contributed by atoms with Crippen molar-refractivity contribution in [1.29, 1.82) is 0 Å². The zero-order chi connectivity index (χ0) is 16.1. The summed E-state index contributed by atoms with van der Waals surface area (Å²) in [6.45, 7) is 1.05. The quantitative estimate of drug-likeness (QED) is 0.848. The first-order chi connectivity index (χ1) is 11.0. The highest BCUT2D eigenvalue weighted by molar-refractivity contribution is 7.89. The average Bonchev–Trinajstić information content (AvgIpc) is 3.14. The number of hydrogen-bond acceptors (Lipinski definition) is 3. The molecule has 0 unspecified atom stereocenters. The molecule has 0 N–H and O–H groups in total. The number of fused-ring (bicyclic) bond motifs is 2. The third-order valence-corrected chi connectivity index (χ3v) is 6.76. The fourth-order valence-corrected chi connectivity index (χ4v) is 5.06. The molecule has 0 atom stereocenters. The van der Waals surface area contributed by atoms with Crippen molar-refractivity contribution in [2.24, 2.45) is 7.05 Å². The first-order valence-electron chi connectivity index (χ1n) is 7.78. The van der Waals surface area contributed by atoms with Gasteiger partial charge in [0, 0.05) is 31.7 Å². The van der Waals surface area contributed by atoms with Crippen LogP contribution in [0.5, 0.6) is 0 Å². The maximum atomic E-state index is 12.7. The summed E-state index contributed by atoms with van der Waals surface area (Å²) in [5.41, 5.74) is 2.58. The van der Waals surface area contributed by atoms with E-state index in [1.807, 2.05) is 6.07 Å². The molecule has 1 aliphatic carbocycles. The molecular weight excluding hydrogens is 310 g/mol. The summed E-state index contributed by atoms with van der Waals surface area (Å²) in [5, 5.41) is 0.137. The van der Waals surface area contributed by atoms with Gasteiger partial charge in [-0.1, -0.05) is 36.4 Å². The van der Waals surface area contributed by atoms with E-state index >= 15 is 0 Å². The number of aromatic nitrogens is 2. The van der Waals surface area contributed by atoms with Crippen LogP contribution < -0.4 is 0 Å². The Morgan fingerprint density at radius 1 is 1.17 bits per heavy atom. The lowest BCUT2D eigenvalue weighted by molar-refractivity contribution is 0.274. The highest BCUT2D eigenvalue weighted by atomic mass is 32.2. The second-order valence-electron chi connectivity index (χ2n) is 6.36. The van der Waals surface area contributed by atoms with Gasteiger partial charge in [0.2, 0.25) is 0 Å². The second-order valence-corrected chi connectivity index (χ2v) is 8.24. The third kappa shape index (κ3) is 2.24. The van der Waals surface area contributed by atoms with Crippen LogP contribution in [-0.4, -0.2) is 35.4 Å². The number of aryl methyl sites for hydroxylation is 1. The number of rotatable bonds is 2. The molecule has 1 aromatic carbocycles. The van der Waals surface area contributed by atoms with Crippen LogP contribution in [0.2, 0.25) is 0 Å². The van der Waals surface area contributed by atoms with Gasteiger partial charge in [-0.2, -0.15) is 4.31 Å². The van der Waals surface area contributed by atoms with E-state index in [0.717, 1.165) is 12.8 Å². The van der Waals surface area contributed by atoms with Gasteiger partial charge in [0.05, 0.1) is 6.33 Å². The summed E-state index contributed by atoms with van der Waals surface area (Å²) in [6, 6.07) is 8.39. The summed E-state index contributed by atoms with van der Waals surface area (Å²) in [5.74, 6) is 0. The lowest BCUT2D eigenvalue weighted by Gasteiger charge is -2.38. The fourth-order valence-electron chi connectivity index (χ4n) is 3.65. The summed E-state index contributed by atoms with van der Waals surface area (Å²) in [4.78, 5) is 4.01. The Morgan fingerprint density at radius 3 is 2.61 bits per heavy atom. The standard InChI is InChI=1S/C17H19N3O2S/c1-19-12-16(18-13-19)23(21,22)20-10-8-17(9-11-20)7-6-14-4-2-3-5-15(14)17/h2-7,12-13H,8-11H2,1H3. The second kappa shape index (κ2) is 5.04. The predicted molar refractivity (Wildman–Crippen MR) is 88.4 cm³/mol. The van der Waals surface area contributed by atoms with Crippen molar-refractivity contribution in [2.75, 3.05) is 13.1 Å². The summed E-state index contributed by atoms with van der Waals surface area (Å²) in [7, 11) is -1.71. The summed E-state index contributed by atoms with van der Waals surface area (Å²) in [6.07, 6.45) is 9.12. The highest BCUT2D eigenvalue weighted by Crippen LogP contribution is 2.44. The molecule has 6 heteroatoms. The summed E-state index contributed by atoms with van der Waals surface area (Å²) >= 11 is 0. The maximum absolute atomic E-state index is 12.7. The van der Waals surface area contributed by atoms with Crippen LogP contribution in [0.3, 0.4) is 0 Å². The zero-order valence-electron chi connectivity index (χ0n) is 13.0. The van der Waals surface area contributed by atoms with Crippen molar-refractivity contribution in [3.63, 3.8) is 0 Å². The van der Waals surface area contributed by atoms with E-state index in [2.05, 4.69) is 35.3 Å². The molecule has 0 radical (unpaired) electrons. The minimum atomic E-state index is -3.49. The highest BCUT2D eigenvalue weighted by Gasteiger charge is 2.41. The largest absolute Gasteiger partial charge is 0.339 e. The van der Waals surface area contributed by atoms with Gasteiger partial charge in [0.15, 0.2) is 5.03 Å². The first-order valence-corrected chi connectivity index (χ1v) is 9.22. The van der Waals surface area contributed by atoms with E-state index in [1.54, 1.807) is 22.1 Å². The molecule has 0 bridgehead atoms. The fraction of sp³-hybridized carbons (Fsp3) is 0.353. The number of piperidine rings is 1. The number of imidazole rings is 1. The van der Waals surface area contributed by atoms with Gasteiger partial charge in [-0.05, 0) is 24.0 Å². The molecule has 2 heterocycles. The van der Waals surface area contributed by atoms with Crippen LogP contribution >= 0.6 is 0 Å². The van der Waals surface area contributed by atoms with E-state index in [-0.39, 0.29) is 10.4 Å². The van der Waals surface area contributed by atoms with Crippen LogP contribution in [0.4, 0.5) is 0 Å². The molecule has 0 saturated carbocycles. The lowest BCUT2D eigenvalue weighted by Crippen LogP contribution is -2.44. The Morgan fingerprint density at radius 2 is 1.91 bits per heavy atom. The van der Waals surface area contributed by atoms with Crippen LogP contribution in [0.1, 0.15) is 24.0 Å². The molecule has 5 nitrogen and oxygen atoms in total. The molecule has 1 saturated heterocycles. The SMILES string of the molecule is Cn1cnc(S(=O)(=O)N2CCC3(C=Cc4ccccc43)CC2)c1. The molecule has 2 aromatic rings. The van der Waals surface area contributed by atoms with Gasteiger partial charge in [0.1, 0.15) is 0 Å². The molecular formula is C17H19N3O2S. The van der Waals surface area contributed by atoms with Gasteiger partial charge in [0.25, 0.3) is 10.0 Å². The van der Waals surface area contributed by atoms with Gasteiger partial charge in [-0.15, -0.1) is 0 Å². The molecule has 2 aliphatic rings. The molecule has 1 fully saturated rings. The van der Waals surface area contributed by atoms with Crippen LogP contribution in [-0.2, 0) is 22.5 Å². The molecule has 1 aromatic heterocycles.